The summed E-state index contributed by atoms with van der Waals surface area (Å²) in [7, 11) is 0. The van der Waals surface area contributed by atoms with E-state index in [-0.39, 0.29) is 48.7 Å². The van der Waals surface area contributed by atoms with E-state index in [0.29, 0.717) is 12.8 Å². The predicted octanol–water partition coefficient (Wildman–Crippen LogP) is 4.54. The van der Waals surface area contributed by atoms with Crippen LogP contribution >= 0.6 is 0 Å². The van der Waals surface area contributed by atoms with Crippen molar-refractivity contribution in [2.75, 3.05) is 26.4 Å². The van der Waals surface area contributed by atoms with Gasteiger partial charge >= 0.3 is 23.9 Å². The molecule has 0 aromatic rings. The second kappa shape index (κ2) is 18.3. The van der Waals surface area contributed by atoms with Crippen LogP contribution in [0.3, 0.4) is 0 Å². The van der Waals surface area contributed by atoms with Crippen LogP contribution in [0.5, 0.6) is 0 Å². The Labute approximate surface area is 202 Å². The van der Waals surface area contributed by atoms with Crippen molar-refractivity contribution in [2.24, 2.45) is 0 Å². The molecule has 0 N–H and O–H groups in total. The van der Waals surface area contributed by atoms with Crippen LogP contribution in [0, 0.1) is 0 Å². The highest BCUT2D eigenvalue weighted by atomic mass is 16.5. The van der Waals surface area contributed by atoms with E-state index in [9.17, 15) is 19.2 Å². The quantitative estimate of drug-likeness (QED) is 0.111. The summed E-state index contributed by atoms with van der Waals surface area (Å²) in [6.45, 7) is 10.7. The van der Waals surface area contributed by atoms with Crippen LogP contribution in [-0.4, -0.2) is 50.3 Å². The van der Waals surface area contributed by atoms with Gasteiger partial charge in [0.15, 0.2) is 0 Å². The van der Waals surface area contributed by atoms with E-state index in [2.05, 4.69) is 0 Å². The number of carbonyl (C=O) groups excluding carboxylic acids is 4. The van der Waals surface area contributed by atoms with Gasteiger partial charge in [-0.25, -0.2) is 19.2 Å². The predicted molar refractivity (Wildman–Crippen MR) is 129 cm³/mol. The molecular formula is C26H38O8. The van der Waals surface area contributed by atoms with Crippen LogP contribution in [0.25, 0.3) is 0 Å². The van der Waals surface area contributed by atoms with E-state index in [1.807, 2.05) is 12.2 Å². The Kier molecular flexibility index (Phi) is 16.6. The topological polar surface area (TPSA) is 105 Å². The number of unbranched alkanes of at least 4 members (excludes halogenated alkanes) is 3. The zero-order valence-electron chi connectivity index (χ0n) is 21.2. The van der Waals surface area contributed by atoms with Crippen molar-refractivity contribution >= 4 is 23.9 Å². The fourth-order valence-electron chi connectivity index (χ4n) is 2.74. The lowest BCUT2D eigenvalue weighted by Crippen LogP contribution is -2.14. The third-order valence-corrected chi connectivity index (χ3v) is 4.52. The van der Waals surface area contributed by atoms with Crippen LogP contribution in [0.2, 0.25) is 0 Å². The largest absolute Gasteiger partial charge is 0.463 e. The normalized spacial score (nSPS) is 12.8. The number of carbonyl (C=O) groups is 4. The number of rotatable bonds is 15. The Morgan fingerprint density at radius 3 is 1.12 bits per heavy atom. The van der Waals surface area contributed by atoms with Crippen molar-refractivity contribution in [1.29, 1.82) is 0 Å². The first-order valence-electron chi connectivity index (χ1n) is 11.7. The zero-order chi connectivity index (χ0) is 25.9. The Morgan fingerprint density at radius 1 is 0.529 bits per heavy atom. The van der Waals surface area contributed by atoms with E-state index in [1.54, 1.807) is 39.8 Å². The second-order valence-electron chi connectivity index (χ2n) is 7.05. The lowest BCUT2D eigenvalue weighted by Gasteiger charge is -2.08. The van der Waals surface area contributed by atoms with E-state index in [4.69, 9.17) is 18.9 Å². The SMILES string of the molecule is CCOC(=O)/C(C)=C(/C=C/CCCC/C=C/C(C(=O)OCC)=C(\C)C(=O)OCC)C(=O)OCC. The maximum atomic E-state index is 12.2. The van der Waals surface area contributed by atoms with Gasteiger partial charge in [0.05, 0.1) is 37.6 Å². The van der Waals surface area contributed by atoms with Crippen LogP contribution in [0.4, 0.5) is 0 Å². The Hall–Kier alpha value is -3.16. The van der Waals surface area contributed by atoms with Crippen molar-refractivity contribution in [1.82, 2.24) is 0 Å². The highest BCUT2D eigenvalue weighted by Crippen LogP contribution is 2.14. The molecule has 0 heterocycles. The van der Waals surface area contributed by atoms with Crippen LogP contribution < -0.4 is 0 Å². The summed E-state index contributed by atoms with van der Waals surface area (Å²) < 4.78 is 20.0. The van der Waals surface area contributed by atoms with E-state index in [1.165, 1.54) is 13.8 Å². The molecule has 8 nitrogen and oxygen atoms in total. The molecule has 0 bridgehead atoms. The number of hydrogen-bond donors (Lipinski definition) is 0. The third-order valence-electron chi connectivity index (χ3n) is 4.52. The molecule has 0 fully saturated rings. The molecule has 0 atom stereocenters. The molecule has 0 unspecified atom stereocenters. The average Bonchev–Trinajstić information content (AvgIpc) is 2.80. The number of esters is 4. The van der Waals surface area contributed by atoms with Gasteiger partial charge in [0.25, 0.3) is 0 Å². The maximum Gasteiger partial charge on any atom is 0.338 e. The van der Waals surface area contributed by atoms with Crippen LogP contribution in [0.1, 0.15) is 67.2 Å². The monoisotopic (exact) mass is 478 g/mol. The number of hydrogen-bond acceptors (Lipinski definition) is 8. The number of allylic oxidation sites excluding steroid dienone is 2. The minimum Gasteiger partial charge on any atom is -0.463 e. The minimum absolute atomic E-state index is 0.179. The molecule has 0 saturated carbocycles. The standard InChI is InChI=1S/C26H38O8/c1-7-31-23(27)19(5)21(25(29)33-9-3)17-15-13-11-12-14-16-18-22(26(30)34-10-4)20(6)24(28)32-8-2/h15-18H,7-14H2,1-6H3/b17-15+,18-16+,21-19-,22-20-. The molecule has 0 aliphatic rings. The summed E-state index contributed by atoms with van der Waals surface area (Å²) in [5.41, 5.74) is 0.766. The average molecular weight is 479 g/mol. The van der Waals surface area contributed by atoms with E-state index < -0.39 is 23.9 Å². The van der Waals surface area contributed by atoms with Gasteiger partial charge in [-0.2, -0.15) is 0 Å². The lowest BCUT2D eigenvalue weighted by molar-refractivity contribution is -0.141. The molecule has 8 heteroatoms. The van der Waals surface area contributed by atoms with Gasteiger partial charge in [0.2, 0.25) is 0 Å². The van der Waals surface area contributed by atoms with Crippen molar-refractivity contribution in [3.05, 3.63) is 46.6 Å². The lowest BCUT2D eigenvalue weighted by atomic mass is 10.1. The smallest absolute Gasteiger partial charge is 0.338 e. The van der Waals surface area contributed by atoms with Gasteiger partial charge in [-0.1, -0.05) is 24.3 Å². The van der Waals surface area contributed by atoms with E-state index in [0.717, 1.165) is 12.8 Å². The Bertz CT molecular complexity index is 747. The van der Waals surface area contributed by atoms with Crippen molar-refractivity contribution in [3.63, 3.8) is 0 Å². The van der Waals surface area contributed by atoms with Gasteiger partial charge in [0, 0.05) is 11.1 Å². The Balaban J connectivity index is 5.03. The fourth-order valence-corrected chi connectivity index (χ4v) is 2.74. The first-order valence-corrected chi connectivity index (χ1v) is 11.7. The first-order chi connectivity index (χ1) is 16.2. The highest BCUT2D eigenvalue weighted by molar-refractivity contribution is 6.02. The van der Waals surface area contributed by atoms with Gasteiger partial charge in [-0.15, -0.1) is 0 Å². The summed E-state index contributed by atoms with van der Waals surface area (Å²) >= 11 is 0. The van der Waals surface area contributed by atoms with Crippen molar-refractivity contribution < 1.29 is 38.1 Å². The maximum absolute atomic E-state index is 12.2. The zero-order valence-corrected chi connectivity index (χ0v) is 21.2. The summed E-state index contributed by atoms with van der Waals surface area (Å²) in [4.78, 5) is 48.3. The van der Waals surface area contributed by atoms with Crippen LogP contribution in [-0.2, 0) is 38.1 Å². The number of ether oxygens (including phenoxy) is 4. The molecule has 190 valence electrons. The first kappa shape index (κ1) is 30.8. The molecule has 0 aliphatic heterocycles. The van der Waals surface area contributed by atoms with Gasteiger partial charge in [0.1, 0.15) is 0 Å². The Morgan fingerprint density at radius 2 is 0.824 bits per heavy atom. The van der Waals surface area contributed by atoms with Crippen molar-refractivity contribution in [3.8, 4) is 0 Å². The molecule has 0 aromatic carbocycles. The summed E-state index contributed by atoms with van der Waals surface area (Å²) in [5.74, 6) is -2.24. The summed E-state index contributed by atoms with van der Waals surface area (Å²) in [6.07, 6.45) is 9.77. The van der Waals surface area contributed by atoms with E-state index >= 15 is 0 Å². The highest BCUT2D eigenvalue weighted by Gasteiger charge is 2.18. The molecule has 0 saturated heterocycles. The molecule has 0 aromatic heterocycles. The third kappa shape index (κ3) is 11.6. The van der Waals surface area contributed by atoms with Crippen LogP contribution in [0.15, 0.2) is 46.6 Å². The van der Waals surface area contributed by atoms with Crippen molar-refractivity contribution in [2.45, 2.75) is 67.2 Å². The molecular weight excluding hydrogens is 440 g/mol. The minimum atomic E-state index is -0.567. The summed E-state index contributed by atoms with van der Waals surface area (Å²) in [6, 6.07) is 0. The van der Waals surface area contributed by atoms with Gasteiger partial charge in [-0.3, -0.25) is 0 Å². The second-order valence-corrected chi connectivity index (χ2v) is 7.05. The molecule has 34 heavy (non-hydrogen) atoms. The van der Waals surface area contributed by atoms with Gasteiger partial charge in [-0.05, 0) is 67.2 Å². The molecule has 0 spiro atoms. The molecule has 0 rings (SSSR count). The fraction of sp³-hybridized carbons (Fsp3) is 0.538. The molecule has 0 aliphatic carbocycles. The molecule has 0 amide bonds. The van der Waals surface area contributed by atoms with Gasteiger partial charge < -0.3 is 18.9 Å². The summed E-state index contributed by atoms with van der Waals surface area (Å²) in [5, 5.41) is 0. The molecule has 0 radical (unpaired) electrons.